The second-order valence-corrected chi connectivity index (χ2v) is 9.11. The first-order valence-corrected chi connectivity index (χ1v) is 11.4. The first-order chi connectivity index (χ1) is 15.8. The Morgan fingerprint density at radius 3 is 2.79 bits per heavy atom. The van der Waals surface area contributed by atoms with E-state index in [0.29, 0.717) is 45.8 Å². The largest absolute Gasteiger partial charge is 0.507 e. The molecule has 174 valence electrons. The smallest absolute Gasteiger partial charge is 0.273 e. The van der Waals surface area contributed by atoms with Crippen molar-refractivity contribution in [3.05, 3.63) is 63.8 Å². The number of aromatic nitrogens is 2. The molecule has 1 aliphatic heterocycles. The Labute approximate surface area is 198 Å². The number of hydrogen-bond donors (Lipinski definition) is 3. The molecule has 0 unspecified atom stereocenters. The van der Waals surface area contributed by atoms with Gasteiger partial charge in [-0.2, -0.15) is 5.10 Å². The Morgan fingerprint density at radius 1 is 1.27 bits per heavy atom. The fraction of sp³-hybridized carbons (Fsp3) is 0.360. The fourth-order valence-corrected chi connectivity index (χ4v) is 4.29. The number of carbonyl (C=O) groups is 1. The van der Waals surface area contributed by atoms with E-state index in [4.69, 9.17) is 16.3 Å². The van der Waals surface area contributed by atoms with Crippen molar-refractivity contribution in [2.24, 2.45) is 5.92 Å². The minimum Gasteiger partial charge on any atom is -0.507 e. The average Bonchev–Trinajstić information content (AvgIpc) is 3.30. The van der Waals surface area contributed by atoms with Gasteiger partial charge in [0, 0.05) is 22.7 Å². The van der Waals surface area contributed by atoms with Crippen LogP contribution in [0.4, 0.5) is 0 Å². The minimum absolute atomic E-state index is 0.0313. The number of aromatic hydroxyl groups is 1. The molecule has 7 nitrogen and oxygen atoms in total. The van der Waals surface area contributed by atoms with Crippen LogP contribution in [0.2, 0.25) is 5.02 Å². The molecule has 3 aromatic rings. The van der Waals surface area contributed by atoms with Crippen LogP contribution < -0.4 is 4.74 Å². The molecular formula is C25H28ClN3O4. The van der Waals surface area contributed by atoms with Gasteiger partial charge < -0.3 is 19.8 Å². The molecule has 0 saturated carbocycles. The summed E-state index contributed by atoms with van der Waals surface area (Å²) in [5, 5.41) is 28.0. The van der Waals surface area contributed by atoms with Gasteiger partial charge in [-0.3, -0.25) is 9.89 Å². The third-order valence-electron chi connectivity index (χ3n) is 5.87. The van der Waals surface area contributed by atoms with Gasteiger partial charge in [-0.25, -0.2) is 0 Å². The molecule has 0 aliphatic carbocycles. The maximum absolute atomic E-state index is 13.2. The summed E-state index contributed by atoms with van der Waals surface area (Å²) in [6.45, 7) is 6.67. The number of benzene rings is 2. The van der Waals surface area contributed by atoms with Crippen LogP contribution in [-0.2, 0) is 0 Å². The number of aromatic amines is 1. The predicted octanol–water partition coefficient (Wildman–Crippen LogP) is 4.71. The van der Waals surface area contributed by atoms with Gasteiger partial charge in [-0.05, 0) is 54.7 Å². The summed E-state index contributed by atoms with van der Waals surface area (Å²) >= 11 is 6.33. The lowest BCUT2D eigenvalue weighted by Gasteiger charge is -2.26. The third-order valence-corrected chi connectivity index (χ3v) is 6.28. The van der Waals surface area contributed by atoms with Crippen molar-refractivity contribution in [3.63, 3.8) is 0 Å². The van der Waals surface area contributed by atoms with Crippen molar-refractivity contribution < 1.29 is 19.7 Å². The van der Waals surface area contributed by atoms with Gasteiger partial charge in [0.25, 0.3) is 5.91 Å². The quantitative estimate of drug-likeness (QED) is 0.444. The van der Waals surface area contributed by atoms with Crippen molar-refractivity contribution in [2.45, 2.75) is 33.2 Å². The molecule has 33 heavy (non-hydrogen) atoms. The highest BCUT2D eigenvalue weighted by molar-refractivity contribution is 6.31. The van der Waals surface area contributed by atoms with Crippen LogP contribution in [0.15, 0.2) is 36.4 Å². The van der Waals surface area contributed by atoms with Crippen LogP contribution >= 0.6 is 11.6 Å². The number of hydrogen-bond acceptors (Lipinski definition) is 5. The Bertz CT molecular complexity index is 1170. The molecule has 0 fully saturated rings. The number of carbonyl (C=O) groups excluding carboxylic acids is 1. The molecule has 1 aliphatic rings. The topological polar surface area (TPSA) is 98.7 Å². The number of ether oxygens (including phenoxy) is 1. The summed E-state index contributed by atoms with van der Waals surface area (Å²) < 4.78 is 5.94. The zero-order valence-corrected chi connectivity index (χ0v) is 19.7. The molecule has 2 heterocycles. The molecule has 8 heteroatoms. The third kappa shape index (κ3) is 4.43. The SMILES string of the molecule is Cc1cc(O)c(-c2n[nH]c3c2[C@@H](c2cccc(OCCC(C)C)c2)N(CCO)C3=O)cc1Cl. The summed E-state index contributed by atoms with van der Waals surface area (Å²) in [6.07, 6.45) is 0.937. The van der Waals surface area contributed by atoms with Crippen molar-refractivity contribution >= 4 is 17.5 Å². The van der Waals surface area contributed by atoms with Gasteiger partial charge in [0.05, 0.1) is 19.3 Å². The number of fused-ring (bicyclic) bond motifs is 1. The number of phenolic OH excluding ortho intramolecular Hbond substituents is 1. The highest BCUT2D eigenvalue weighted by atomic mass is 35.5. The minimum atomic E-state index is -0.499. The van der Waals surface area contributed by atoms with E-state index in [-0.39, 0.29) is 24.8 Å². The van der Waals surface area contributed by atoms with Crippen LogP contribution in [0, 0.1) is 12.8 Å². The fourth-order valence-electron chi connectivity index (χ4n) is 4.13. The first-order valence-electron chi connectivity index (χ1n) is 11.0. The lowest BCUT2D eigenvalue weighted by atomic mass is 9.95. The Morgan fingerprint density at radius 2 is 2.06 bits per heavy atom. The predicted molar refractivity (Wildman–Crippen MR) is 127 cm³/mol. The van der Waals surface area contributed by atoms with E-state index in [0.717, 1.165) is 17.5 Å². The van der Waals surface area contributed by atoms with E-state index in [1.807, 2.05) is 24.3 Å². The number of nitrogens with one attached hydrogen (secondary N) is 1. The number of H-pyrrole nitrogens is 1. The van der Waals surface area contributed by atoms with Crippen molar-refractivity contribution in [1.29, 1.82) is 0 Å². The number of nitrogens with zero attached hydrogens (tertiary/aromatic N) is 2. The van der Waals surface area contributed by atoms with E-state index >= 15 is 0 Å². The molecule has 1 amide bonds. The number of β-amino-alcohol motifs (C(OH)–C–C–N with tert-alkyl or cyclic N) is 1. The normalized spacial score (nSPS) is 15.4. The zero-order valence-electron chi connectivity index (χ0n) is 18.9. The number of aryl methyl sites for hydroxylation is 1. The number of halogens is 1. The number of aliphatic hydroxyl groups excluding tert-OH is 1. The lowest BCUT2D eigenvalue weighted by molar-refractivity contribution is 0.0706. The summed E-state index contributed by atoms with van der Waals surface area (Å²) in [6, 6.07) is 10.4. The molecule has 0 saturated heterocycles. The van der Waals surface area contributed by atoms with Gasteiger partial charge in [-0.1, -0.05) is 37.6 Å². The van der Waals surface area contributed by atoms with Crippen molar-refractivity contribution in [1.82, 2.24) is 15.1 Å². The summed E-state index contributed by atoms with van der Waals surface area (Å²) in [5.41, 5.74) is 3.45. The van der Waals surface area contributed by atoms with Crippen LogP contribution in [-0.4, -0.2) is 51.0 Å². The van der Waals surface area contributed by atoms with Crippen molar-refractivity contribution in [3.8, 4) is 22.8 Å². The summed E-state index contributed by atoms with van der Waals surface area (Å²) in [5.74, 6) is 1.02. The van der Waals surface area contributed by atoms with Gasteiger partial charge in [0.2, 0.25) is 0 Å². The van der Waals surface area contributed by atoms with Crippen LogP contribution in [0.5, 0.6) is 11.5 Å². The van der Waals surface area contributed by atoms with E-state index < -0.39 is 6.04 Å². The molecule has 2 aromatic carbocycles. The molecule has 4 rings (SSSR count). The Hall–Kier alpha value is -3.03. The number of phenols is 1. The molecule has 1 atom stereocenters. The number of amides is 1. The second-order valence-electron chi connectivity index (χ2n) is 8.71. The van der Waals surface area contributed by atoms with Crippen LogP contribution in [0.25, 0.3) is 11.3 Å². The van der Waals surface area contributed by atoms with Crippen LogP contribution in [0.1, 0.15) is 53.5 Å². The molecule has 0 spiro atoms. The van der Waals surface area contributed by atoms with E-state index in [1.165, 1.54) is 0 Å². The maximum Gasteiger partial charge on any atom is 0.273 e. The molecule has 3 N–H and O–H groups in total. The second kappa shape index (κ2) is 9.45. The molecule has 0 bridgehead atoms. The van der Waals surface area contributed by atoms with E-state index in [2.05, 4.69) is 24.0 Å². The van der Waals surface area contributed by atoms with Crippen LogP contribution in [0.3, 0.4) is 0 Å². The molecular weight excluding hydrogens is 442 g/mol. The Kier molecular flexibility index (Phi) is 6.63. The molecule has 0 radical (unpaired) electrons. The monoisotopic (exact) mass is 469 g/mol. The zero-order chi connectivity index (χ0) is 23.7. The first kappa shape index (κ1) is 23.1. The molecule has 1 aromatic heterocycles. The number of rotatable bonds is 8. The van der Waals surface area contributed by atoms with Gasteiger partial charge in [0.15, 0.2) is 0 Å². The van der Waals surface area contributed by atoms with Crippen molar-refractivity contribution in [2.75, 3.05) is 19.8 Å². The average molecular weight is 470 g/mol. The van der Waals surface area contributed by atoms with Gasteiger partial charge >= 0.3 is 0 Å². The lowest BCUT2D eigenvalue weighted by Crippen LogP contribution is -2.32. The summed E-state index contributed by atoms with van der Waals surface area (Å²) in [7, 11) is 0. The maximum atomic E-state index is 13.2. The summed E-state index contributed by atoms with van der Waals surface area (Å²) in [4.78, 5) is 14.8. The van der Waals surface area contributed by atoms with Gasteiger partial charge in [0.1, 0.15) is 22.9 Å². The Balaban J connectivity index is 1.79. The highest BCUT2D eigenvalue weighted by Gasteiger charge is 2.42. The standard InChI is InChI=1S/C25H28ClN3O4/c1-14(2)7-10-33-17-6-4-5-16(12-17)24-21-22(18-13-19(26)15(3)11-20(18)31)27-28-23(21)25(32)29(24)8-9-30/h4-6,11-14,24,30-31H,7-10H2,1-3H3,(H,27,28)/t24-/m1/s1. The highest BCUT2D eigenvalue weighted by Crippen LogP contribution is 2.45. The van der Waals surface area contributed by atoms with E-state index in [1.54, 1.807) is 24.0 Å². The van der Waals surface area contributed by atoms with E-state index in [9.17, 15) is 15.0 Å². The number of aliphatic hydroxyl groups is 1. The van der Waals surface area contributed by atoms with Gasteiger partial charge in [-0.15, -0.1) is 0 Å².